The molecule has 102 valence electrons. The number of allylic oxidation sites excluding steroid dienone is 7. The van der Waals surface area contributed by atoms with Crippen molar-refractivity contribution in [1.29, 1.82) is 5.41 Å². The fourth-order valence-corrected chi connectivity index (χ4v) is 2.15. The van der Waals surface area contributed by atoms with E-state index in [2.05, 4.69) is 31.4 Å². The van der Waals surface area contributed by atoms with Crippen LogP contribution in [0.1, 0.15) is 19.3 Å². The molecule has 0 saturated carbocycles. The Morgan fingerprint density at radius 3 is 2.95 bits per heavy atom. The largest absolute Gasteiger partial charge is 0.494 e. The van der Waals surface area contributed by atoms with E-state index in [1.54, 1.807) is 12.2 Å². The summed E-state index contributed by atoms with van der Waals surface area (Å²) in [6.45, 7) is 8.25. The minimum atomic E-state index is 0.348. The van der Waals surface area contributed by atoms with Crippen LogP contribution in [0.15, 0.2) is 61.4 Å². The van der Waals surface area contributed by atoms with E-state index in [1.807, 2.05) is 12.2 Å². The molecular weight excluding hydrogens is 234 g/mol. The molecule has 0 aromatic heterocycles. The van der Waals surface area contributed by atoms with Crippen LogP contribution < -0.4 is 0 Å². The molecule has 2 nitrogen and oxygen atoms in total. The Labute approximate surface area is 116 Å². The molecule has 0 aliphatic carbocycles. The van der Waals surface area contributed by atoms with Gasteiger partial charge in [-0.25, -0.2) is 0 Å². The van der Waals surface area contributed by atoms with Gasteiger partial charge >= 0.3 is 0 Å². The molecule has 0 spiro atoms. The number of hydrogen-bond acceptors (Lipinski definition) is 2. The maximum atomic E-state index is 7.08. The first-order valence-electron chi connectivity index (χ1n) is 6.71. The smallest absolute Gasteiger partial charge is 0.111 e. The Hall–Kier alpha value is -1.83. The summed E-state index contributed by atoms with van der Waals surface area (Å²) in [4.78, 5) is 0. The van der Waals surface area contributed by atoms with Crippen LogP contribution in [-0.4, -0.2) is 12.8 Å². The van der Waals surface area contributed by atoms with Crippen LogP contribution in [0.25, 0.3) is 0 Å². The van der Waals surface area contributed by atoms with Crippen LogP contribution in [0.4, 0.5) is 0 Å². The lowest BCUT2D eigenvalue weighted by atomic mass is 9.88. The van der Waals surface area contributed by atoms with Crippen LogP contribution in [0, 0.1) is 17.2 Å². The van der Waals surface area contributed by atoms with Crippen molar-refractivity contribution >= 4 is 6.21 Å². The van der Waals surface area contributed by atoms with Crippen molar-refractivity contribution in [3.05, 3.63) is 61.4 Å². The zero-order valence-electron chi connectivity index (χ0n) is 11.4. The SMILES string of the molecule is C=C/C=C\C(/C=C\C=N)CC1CC=CC(=C)OCC1. The lowest BCUT2D eigenvalue weighted by Crippen LogP contribution is -2.10. The summed E-state index contributed by atoms with van der Waals surface area (Å²) in [5.74, 6) is 1.70. The minimum absolute atomic E-state index is 0.348. The van der Waals surface area contributed by atoms with Crippen molar-refractivity contribution in [1.82, 2.24) is 0 Å². The van der Waals surface area contributed by atoms with Gasteiger partial charge in [0.05, 0.1) is 6.61 Å². The second-order valence-corrected chi connectivity index (χ2v) is 4.68. The highest BCUT2D eigenvalue weighted by atomic mass is 16.5. The third-order valence-electron chi connectivity index (χ3n) is 3.14. The predicted octanol–water partition coefficient (Wildman–Crippen LogP) is 4.44. The predicted molar refractivity (Wildman–Crippen MR) is 82.3 cm³/mol. The van der Waals surface area contributed by atoms with Gasteiger partial charge in [0.25, 0.3) is 0 Å². The number of rotatable bonds is 6. The average Bonchev–Trinajstić information content (AvgIpc) is 2.38. The maximum Gasteiger partial charge on any atom is 0.111 e. The topological polar surface area (TPSA) is 33.1 Å². The average molecular weight is 257 g/mol. The van der Waals surface area contributed by atoms with E-state index in [0.29, 0.717) is 11.8 Å². The molecule has 2 heteroatoms. The van der Waals surface area contributed by atoms with Gasteiger partial charge in [-0.05, 0) is 43.3 Å². The van der Waals surface area contributed by atoms with Gasteiger partial charge in [0, 0.05) is 6.21 Å². The van der Waals surface area contributed by atoms with Gasteiger partial charge in [-0.3, -0.25) is 0 Å². The molecule has 1 heterocycles. The Kier molecular flexibility index (Phi) is 7.33. The Bertz CT molecular complexity index is 372. The molecule has 1 aliphatic rings. The van der Waals surface area contributed by atoms with Gasteiger partial charge < -0.3 is 10.1 Å². The van der Waals surface area contributed by atoms with E-state index in [1.165, 1.54) is 6.21 Å². The van der Waals surface area contributed by atoms with Gasteiger partial charge in [0.1, 0.15) is 5.76 Å². The fraction of sp³-hybridized carbons (Fsp3) is 0.353. The summed E-state index contributed by atoms with van der Waals surface area (Å²) in [6, 6.07) is 0. The van der Waals surface area contributed by atoms with Gasteiger partial charge in [0.15, 0.2) is 0 Å². The highest BCUT2D eigenvalue weighted by Gasteiger charge is 2.13. The van der Waals surface area contributed by atoms with Crippen molar-refractivity contribution in [2.45, 2.75) is 19.3 Å². The summed E-state index contributed by atoms with van der Waals surface area (Å²) in [5, 5.41) is 7.08. The van der Waals surface area contributed by atoms with E-state index < -0.39 is 0 Å². The molecule has 0 radical (unpaired) electrons. The molecule has 0 aromatic rings. The normalized spacial score (nSPS) is 21.9. The number of ether oxygens (including phenoxy) is 1. The summed E-state index contributed by atoms with van der Waals surface area (Å²) in [6.07, 6.45) is 18.3. The van der Waals surface area contributed by atoms with Crippen LogP contribution in [0.3, 0.4) is 0 Å². The highest BCUT2D eigenvalue weighted by molar-refractivity contribution is 5.67. The maximum absolute atomic E-state index is 7.08. The fourth-order valence-electron chi connectivity index (χ4n) is 2.15. The molecule has 0 saturated heterocycles. The van der Waals surface area contributed by atoms with Crippen LogP contribution in [-0.2, 0) is 4.74 Å². The van der Waals surface area contributed by atoms with Crippen molar-refractivity contribution in [2.75, 3.05) is 6.61 Å². The van der Waals surface area contributed by atoms with E-state index in [-0.39, 0.29) is 0 Å². The molecule has 0 fully saturated rings. The zero-order chi connectivity index (χ0) is 13.9. The van der Waals surface area contributed by atoms with Crippen molar-refractivity contribution in [3.8, 4) is 0 Å². The van der Waals surface area contributed by atoms with Crippen molar-refractivity contribution in [3.63, 3.8) is 0 Å². The van der Waals surface area contributed by atoms with E-state index in [9.17, 15) is 0 Å². The molecule has 2 unspecified atom stereocenters. The molecule has 1 aliphatic heterocycles. The summed E-state index contributed by atoms with van der Waals surface area (Å²) in [7, 11) is 0. The first-order chi connectivity index (χ1) is 9.26. The lowest BCUT2D eigenvalue weighted by Gasteiger charge is -2.20. The van der Waals surface area contributed by atoms with Crippen LogP contribution in [0.2, 0.25) is 0 Å². The van der Waals surface area contributed by atoms with E-state index in [0.717, 1.165) is 31.6 Å². The third kappa shape index (κ3) is 6.61. The Morgan fingerprint density at radius 1 is 1.42 bits per heavy atom. The summed E-state index contributed by atoms with van der Waals surface area (Å²) < 4.78 is 5.49. The monoisotopic (exact) mass is 257 g/mol. The zero-order valence-corrected chi connectivity index (χ0v) is 11.4. The second-order valence-electron chi connectivity index (χ2n) is 4.68. The lowest BCUT2D eigenvalue weighted by molar-refractivity contribution is 0.192. The quantitative estimate of drug-likeness (QED) is 0.554. The Morgan fingerprint density at radius 2 is 2.21 bits per heavy atom. The number of nitrogens with one attached hydrogen (secondary N) is 1. The van der Waals surface area contributed by atoms with Crippen LogP contribution in [0.5, 0.6) is 0 Å². The second kappa shape index (κ2) is 9.15. The molecule has 2 atom stereocenters. The van der Waals surface area contributed by atoms with E-state index in [4.69, 9.17) is 10.1 Å². The van der Waals surface area contributed by atoms with Crippen LogP contribution >= 0.6 is 0 Å². The Balaban J connectivity index is 2.60. The molecule has 0 aromatic carbocycles. The minimum Gasteiger partial charge on any atom is -0.494 e. The molecule has 19 heavy (non-hydrogen) atoms. The molecule has 1 rings (SSSR count). The molecular formula is C17H23NO. The number of hydrogen-bond donors (Lipinski definition) is 1. The standard InChI is InChI=1S/C17H23NO/c1-3-4-8-16(10-6-12-18)14-17-9-5-7-15(2)19-13-11-17/h3-8,10,12,16-18H,1-2,9,11,13-14H2/b7-5?,8-4-,10-6-,18-12?. The first kappa shape index (κ1) is 15.2. The molecule has 0 bridgehead atoms. The van der Waals surface area contributed by atoms with E-state index >= 15 is 0 Å². The first-order valence-corrected chi connectivity index (χ1v) is 6.71. The van der Waals surface area contributed by atoms with Gasteiger partial charge in [-0.1, -0.05) is 43.5 Å². The molecule has 1 N–H and O–H groups in total. The van der Waals surface area contributed by atoms with Crippen molar-refractivity contribution in [2.24, 2.45) is 11.8 Å². The summed E-state index contributed by atoms with van der Waals surface area (Å²) >= 11 is 0. The van der Waals surface area contributed by atoms with Gasteiger partial charge in [-0.2, -0.15) is 0 Å². The van der Waals surface area contributed by atoms with Gasteiger partial charge in [0.2, 0.25) is 0 Å². The summed E-state index contributed by atoms with van der Waals surface area (Å²) in [5.41, 5.74) is 0. The van der Waals surface area contributed by atoms with Crippen molar-refractivity contribution < 1.29 is 4.74 Å². The molecule has 0 amide bonds. The third-order valence-corrected chi connectivity index (χ3v) is 3.14. The highest BCUT2D eigenvalue weighted by Crippen LogP contribution is 2.24. The van der Waals surface area contributed by atoms with Gasteiger partial charge in [-0.15, -0.1) is 0 Å².